The third-order valence-corrected chi connectivity index (χ3v) is 3.63. The fourth-order valence-corrected chi connectivity index (χ4v) is 2.15. The van der Waals surface area contributed by atoms with Crippen molar-refractivity contribution in [2.75, 3.05) is 6.61 Å². The minimum atomic E-state index is -1.09. The number of nitrogens with one attached hydrogen (secondary N) is 1. The van der Waals surface area contributed by atoms with E-state index in [1.54, 1.807) is 6.92 Å². The van der Waals surface area contributed by atoms with Crippen molar-refractivity contribution in [3.63, 3.8) is 0 Å². The van der Waals surface area contributed by atoms with E-state index in [0.29, 0.717) is 12.3 Å². The normalized spacial score (nSPS) is 13.9. The van der Waals surface area contributed by atoms with Crippen molar-refractivity contribution in [2.24, 2.45) is 0 Å². The summed E-state index contributed by atoms with van der Waals surface area (Å²) >= 11 is 0. The Labute approximate surface area is 123 Å². The van der Waals surface area contributed by atoms with Gasteiger partial charge in [-0.05, 0) is 25.5 Å². The predicted octanol–water partition coefficient (Wildman–Crippen LogP) is 2.28. The van der Waals surface area contributed by atoms with E-state index in [2.05, 4.69) is 5.32 Å². The minimum absolute atomic E-state index is 0.0697. The number of aryl methyl sites for hydroxylation is 1. The van der Waals surface area contributed by atoms with E-state index in [1.165, 1.54) is 6.07 Å². The maximum Gasteiger partial charge on any atom is 0.371 e. The second kappa shape index (κ2) is 6.11. The van der Waals surface area contributed by atoms with E-state index >= 15 is 0 Å². The second-order valence-corrected chi connectivity index (χ2v) is 5.21. The van der Waals surface area contributed by atoms with Crippen molar-refractivity contribution in [1.29, 1.82) is 0 Å². The predicted molar refractivity (Wildman–Crippen MR) is 78.1 cm³/mol. The van der Waals surface area contributed by atoms with E-state index in [-0.39, 0.29) is 12.4 Å². The Morgan fingerprint density at radius 1 is 1.33 bits per heavy atom. The summed E-state index contributed by atoms with van der Waals surface area (Å²) in [7, 11) is 0. The highest BCUT2D eigenvalue weighted by Crippen LogP contribution is 2.22. The van der Waals surface area contributed by atoms with E-state index in [9.17, 15) is 9.90 Å². The molecular formula is C16H19NO4. The van der Waals surface area contributed by atoms with Gasteiger partial charge in [0.25, 0.3) is 0 Å². The molecule has 3 N–H and O–H groups in total. The van der Waals surface area contributed by atoms with Gasteiger partial charge in [0.2, 0.25) is 5.76 Å². The lowest BCUT2D eigenvalue weighted by Crippen LogP contribution is -2.42. The van der Waals surface area contributed by atoms with Crippen LogP contribution in [0.5, 0.6) is 0 Å². The summed E-state index contributed by atoms with van der Waals surface area (Å²) in [4.78, 5) is 10.9. The van der Waals surface area contributed by atoms with Gasteiger partial charge in [0.1, 0.15) is 5.76 Å². The van der Waals surface area contributed by atoms with Crippen LogP contribution in [0, 0.1) is 6.92 Å². The van der Waals surface area contributed by atoms with Crippen molar-refractivity contribution in [1.82, 2.24) is 5.32 Å². The molecule has 0 amide bonds. The van der Waals surface area contributed by atoms with Crippen LogP contribution in [0.25, 0.3) is 0 Å². The topological polar surface area (TPSA) is 82.7 Å². The second-order valence-electron chi connectivity index (χ2n) is 5.21. The van der Waals surface area contributed by atoms with Crippen LogP contribution in [0.4, 0.5) is 0 Å². The summed E-state index contributed by atoms with van der Waals surface area (Å²) in [6, 6.07) is 11.1. The zero-order valence-electron chi connectivity index (χ0n) is 12.1. The molecule has 5 heteroatoms. The molecule has 112 valence electrons. The smallest absolute Gasteiger partial charge is 0.371 e. The number of hydrogen-bond donors (Lipinski definition) is 3. The van der Waals surface area contributed by atoms with Crippen LogP contribution in [0.2, 0.25) is 0 Å². The van der Waals surface area contributed by atoms with Crippen molar-refractivity contribution in [3.05, 3.63) is 59.0 Å². The number of aliphatic hydroxyl groups is 1. The van der Waals surface area contributed by atoms with Crippen molar-refractivity contribution < 1.29 is 19.4 Å². The number of hydrogen-bond acceptors (Lipinski definition) is 4. The first-order valence-corrected chi connectivity index (χ1v) is 6.70. The van der Waals surface area contributed by atoms with Crippen LogP contribution < -0.4 is 5.32 Å². The third-order valence-electron chi connectivity index (χ3n) is 3.63. The largest absolute Gasteiger partial charge is 0.475 e. The molecular weight excluding hydrogens is 270 g/mol. The van der Waals surface area contributed by atoms with Crippen LogP contribution in [-0.2, 0) is 12.1 Å². The van der Waals surface area contributed by atoms with Crippen LogP contribution in [0.15, 0.2) is 40.8 Å². The first-order valence-electron chi connectivity index (χ1n) is 6.70. The number of aromatic carboxylic acids is 1. The Hall–Kier alpha value is -2.11. The SMILES string of the molecule is Cc1oc(C(=O)O)cc1CNC(C)(CO)c1ccccc1. The van der Waals surface area contributed by atoms with Crippen LogP contribution in [0.3, 0.4) is 0 Å². The number of rotatable bonds is 6. The zero-order valence-corrected chi connectivity index (χ0v) is 12.1. The van der Waals surface area contributed by atoms with Crippen molar-refractivity contribution >= 4 is 5.97 Å². The fourth-order valence-electron chi connectivity index (χ4n) is 2.15. The van der Waals surface area contributed by atoms with Gasteiger partial charge in [0.05, 0.1) is 12.1 Å². The van der Waals surface area contributed by atoms with Gasteiger partial charge in [-0.1, -0.05) is 30.3 Å². The lowest BCUT2D eigenvalue weighted by atomic mass is 9.92. The van der Waals surface area contributed by atoms with Crippen LogP contribution >= 0.6 is 0 Å². The molecule has 21 heavy (non-hydrogen) atoms. The molecule has 0 aliphatic rings. The highest BCUT2D eigenvalue weighted by molar-refractivity contribution is 5.84. The summed E-state index contributed by atoms with van der Waals surface area (Å²) in [5, 5.41) is 21.9. The minimum Gasteiger partial charge on any atom is -0.475 e. The third kappa shape index (κ3) is 3.32. The number of aliphatic hydroxyl groups excluding tert-OH is 1. The van der Waals surface area contributed by atoms with Crippen LogP contribution in [-0.4, -0.2) is 22.8 Å². The first-order chi connectivity index (χ1) is 9.96. The molecule has 1 unspecified atom stereocenters. The Bertz CT molecular complexity index is 620. The lowest BCUT2D eigenvalue weighted by Gasteiger charge is -2.29. The average Bonchev–Trinajstić information content (AvgIpc) is 2.87. The van der Waals surface area contributed by atoms with Gasteiger partial charge in [0.15, 0.2) is 0 Å². The van der Waals surface area contributed by atoms with Gasteiger partial charge in [-0.15, -0.1) is 0 Å². The maximum absolute atomic E-state index is 10.9. The van der Waals surface area contributed by atoms with Gasteiger partial charge in [-0.3, -0.25) is 0 Å². The highest BCUT2D eigenvalue weighted by Gasteiger charge is 2.25. The summed E-state index contributed by atoms with van der Waals surface area (Å²) in [5.41, 5.74) is 1.13. The summed E-state index contributed by atoms with van der Waals surface area (Å²) < 4.78 is 5.18. The Morgan fingerprint density at radius 3 is 2.52 bits per heavy atom. The zero-order chi connectivity index (χ0) is 15.5. The number of carbonyl (C=O) groups is 1. The summed E-state index contributed by atoms with van der Waals surface area (Å²) in [5.74, 6) is -0.597. The van der Waals surface area contributed by atoms with E-state index in [1.807, 2.05) is 37.3 Å². The first kappa shape index (κ1) is 15.3. The molecule has 1 atom stereocenters. The fraction of sp³-hybridized carbons (Fsp3) is 0.312. The Balaban J connectivity index is 2.15. The molecule has 0 spiro atoms. The van der Waals surface area contributed by atoms with Crippen molar-refractivity contribution in [3.8, 4) is 0 Å². The average molecular weight is 289 g/mol. The van der Waals surface area contributed by atoms with Gasteiger partial charge in [-0.25, -0.2) is 4.79 Å². The molecule has 1 aromatic carbocycles. The number of carboxylic acid groups (broad SMARTS) is 1. The van der Waals surface area contributed by atoms with Crippen LogP contribution in [0.1, 0.15) is 34.4 Å². The highest BCUT2D eigenvalue weighted by atomic mass is 16.4. The van der Waals surface area contributed by atoms with Gasteiger partial charge in [-0.2, -0.15) is 0 Å². The summed E-state index contributed by atoms with van der Waals surface area (Å²) in [6.45, 7) is 3.96. The Kier molecular flexibility index (Phi) is 4.45. The number of carboxylic acids is 1. The molecule has 0 aliphatic heterocycles. The number of furan rings is 1. The van der Waals surface area contributed by atoms with Gasteiger partial charge >= 0.3 is 5.97 Å². The Morgan fingerprint density at radius 2 is 2.00 bits per heavy atom. The van der Waals surface area contributed by atoms with Gasteiger partial charge in [0, 0.05) is 12.1 Å². The summed E-state index contributed by atoms with van der Waals surface area (Å²) in [6.07, 6.45) is 0. The molecule has 0 aliphatic carbocycles. The molecule has 0 bridgehead atoms. The molecule has 5 nitrogen and oxygen atoms in total. The van der Waals surface area contributed by atoms with Crippen molar-refractivity contribution in [2.45, 2.75) is 25.9 Å². The van der Waals surface area contributed by atoms with Gasteiger partial charge < -0.3 is 19.9 Å². The standard InChI is InChI=1S/C16H19NO4/c1-11-12(8-14(21-11)15(19)20)9-17-16(2,10-18)13-6-4-3-5-7-13/h3-8,17-18H,9-10H2,1-2H3,(H,19,20). The molecule has 0 saturated heterocycles. The maximum atomic E-state index is 10.9. The molecule has 1 aromatic heterocycles. The quantitative estimate of drug-likeness (QED) is 0.760. The monoisotopic (exact) mass is 289 g/mol. The van der Waals surface area contributed by atoms with E-state index < -0.39 is 11.5 Å². The van der Waals surface area contributed by atoms with E-state index in [0.717, 1.165) is 11.1 Å². The lowest BCUT2D eigenvalue weighted by molar-refractivity contribution is 0.0661. The molecule has 0 radical (unpaired) electrons. The number of benzene rings is 1. The molecule has 2 aromatic rings. The molecule has 1 heterocycles. The molecule has 2 rings (SSSR count). The van der Waals surface area contributed by atoms with E-state index in [4.69, 9.17) is 9.52 Å². The molecule has 0 saturated carbocycles. The molecule has 0 fully saturated rings.